The normalized spacial score (nSPS) is 18.1. The van der Waals surface area contributed by atoms with Gasteiger partial charge in [0.25, 0.3) is 0 Å². The van der Waals surface area contributed by atoms with Crippen molar-refractivity contribution in [2.24, 2.45) is 0 Å². The average Bonchev–Trinajstić information content (AvgIpc) is 2.54. The third-order valence-electron chi connectivity index (χ3n) is 4.72. The Morgan fingerprint density at radius 1 is 1.12 bits per heavy atom. The fourth-order valence-electron chi connectivity index (χ4n) is 2.90. The number of likely N-dealkylation sites (tertiary alicyclic amines) is 1. The zero-order valence-corrected chi connectivity index (χ0v) is 13.9. The summed E-state index contributed by atoms with van der Waals surface area (Å²) >= 11 is 0. The van der Waals surface area contributed by atoms with Crippen LogP contribution in [0.1, 0.15) is 37.8 Å². The van der Waals surface area contributed by atoms with Crippen LogP contribution in [-0.2, 0) is 21.2 Å². The molecule has 2 N–H and O–H groups in total. The van der Waals surface area contributed by atoms with Crippen molar-refractivity contribution >= 4 is 11.9 Å². The molecule has 1 amide bonds. The first kappa shape index (κ1) is 19.2. The molecular formula is C17H20F3NO4. The number of carboxylic acid groups (broad SMARTS) is 1. The minimum atomic E-state index is -4.50. The number of carboxylic acids is 1. The molecule has 0 spiro atoms. The second-order valence-corrected chi connectivity index (χ2v) is 6.83. The van der Waals surface area contributed by atoms with Gasteiger partial charge in [-0.15, -0.1) is 0 Å². The summed E-state index contributed by atoms with van der Waals surface area (Å²) in [5, 5.41) is 18.9. The molecule has 25 heavy (non-hydrogen) atoms. The van der Waals surface area contributed by atoms with E-state index in [1.165, 1.54) is 30.9 Å². The van der Waals surface area contributed by atoms with E-state index in [9.17, 15) is 27.9 Å². The van der Waals surface area contributed by atoms with Gasteiger partial charge in [-0.3, -0.25) is 4.79 Å². The Kier molecular flexibility index (Phi) is 4.87. The first-order chi connectivity index (χ1) is 11.4. The summed E-state index contributed by atoms with van der Waals surface area (Å²) in [5.74, 6) is -1.74. The smallest absolute Gasteiger partial charge is 0.416 e. The highest BCUT2D eigenvalue weighted by Gasteiger charge is 2.43. The van der Waals surface area contributed by atoms with Crippen LogP contribution in [0.3, 0.4) is 0 Å². The summed E-state index contributed by atoms with van der Waals surface area (Å²) in [6.45, 7) is 3.12. The van der Waals surface area contributed by atoms with E-state index in [0.717, 1.165) is 12.1 Å². The Labute approximate surface area is 143 Å². The Morgan fingerprint density at radius 2 is 1.64 bits per heavy atom. The maximum absolute atomic E-state index is 12.9. The van der Waals surface area contributed by atoms with Gasteiger partial charge in [0.05, 0.1) is 11.0 Å². The number of halogens is 3. The molecule has 0 unspecified atom stereocenters. The van der Waals surface area contributed by atoms with Crippen LogP contribution in [0.15, 0.2) is 24.3 Å². The van der Waals surface area contributed by atoms with E-state index >= 15 is 0 Å². The topological polar surface area (TPSA) is 77.8 Å². The van der Waals surface area contributed by atoms with E-state index in [4.69, 9.17) is 5.11 Å². The Morgan fingerprint density at radius 3 is 2.12 bits per heavy atom. The molecule has 1 aliphatic heterocycles. The summed E-state index contributed by atoms with van der Waals surface area (Å²) in [6, 6.07) is 4.62. The molecule has 8 heteroatoms. The number of piperidine rings is 1. The summed E-state index contributed by atoms with van der Waals surface area (Å²) in [6.07, 6.45) is -4.74. The van der Waals surface area contributed by atoms with Crippen LogP contribution in [0.25, 0.3) is 0 Å². The third-order valence-corrected chi connectivity index (χ3v) is 4.72. The predicted octanol–water partition coefficient (Wildman–Crippen LogP) is 2.42. The molecular weight excluding hydrogens is 339 g/mol. The predicted molar refractivity (Wildman–Crippen MR) is 82.9 cm³/mol. The number of aliphatic hydroxyl groups is 1. The van der Waals surface area contributed by atoms with Gasteiger partial charge in [0, 0.05) is 25.9 Å². The van der Waals surface area contributed by atoms with Crippen molar-refractivity contribution in [3.63, 3.8) is 0 Å². The van der Waals surface area contributed by atoms with Crippen LogP contribution >= 0.6 is 0 Å². The van der Waals surface area contributed by atoms with E-state index in [0.29, 0.717) is 0 Å². The highest BCUT2D eigenvalue weighted by Crippen LogP contribution is 2.34. The van der Waals surface area contributed by atoms with E-state index in [2.05, 4.69) is 0 Å². The minimum absolute atomic E-state index is 0.0318. The number of hydrogen-bond acceptors (Lipinski definition) is 3. The van der Waals surface area contributed by atoms with Crippen LogP contribution in [0.5, 0.6) is 0 Å². The van der Waals surface area contributed by atoms with Gasteiger partial charge in [0.1, 0.15) is 0 Å². The number of rotatable bonds is 3. The van der Waals surface area contributed by atoms with Crippen molar-refractivity contribution in [1.29, 1.82) is 0 Å². The van der Waals surface area contributed by atoms with Gasteiger partial charge in [-0.05, 0) is 25.5 Å². The number of benzene rings is 1. The van der Waals surface area contributed by atoms with Crippen molar-refractivity contribution < 1.29 is 33.0 Å². The van der Waals surface area contributed by atoms with Gasteiger partial charge in [-0.25, -0.2) is 4.79 Å². The lowest BCUT2D eigenvalue weighted by molar-refractivity contribution is -0.166. The fraction of sp³-hybridized carbons (Fsp3) is 0.529. The second-order valence-electron chi connectivity index (χ2n) is 6.83. The first-order valence-electron chi connectivity index (χ1n) is 7.81. The van der Waals surface area contributed by atoms with Crippen molar-refractivity contribution in [2.75, 3.05) is 13.1 Å². The fourth-order valence-corrected chi connectivity index (χ4v) is 2.90. The third kappa shape index (κ3) is 3.78. The molecule has 0 aromatic heterocycles. The molecule has 1 saturated heterocycles. The van der Waals surface area contributed by atoms with Crippen LogP contribution in [-0.4, -0.2) is 45.7 Å². The van der Waals surface area contributed by atoms with Gasteiger partial charge in [-0.1, -0.05) is 18.2 Å². The van der Waals surface area contributed by atoms with Gasteiger partial charge in [-0.2, -0.15) is 13.2 Å². The van der Waals surface area contributed by atoms with Crippen LogP contribution in [0.2, 0.25) is 0 Å². The van der Waals surface area contributed by atoms with Crippen LogP contribution < -0.4 is 0 Å². The standard InChI is InChI=1S/C17H20F3NO4/c1-15(2,11-4-3-5-12(10-11)17(18,19)20)13(22)21-8-6-16(25,7-9-21)14(23)24/h3-5,10,25H,6-9H2,1-2H3,(H,23,24). The summed E-state index contributed by atoms with van der Waals surface area (Å²) < 4.78 is 38.7. The van der Waals surface area contributed by atoms with E-state index in [-0.39, 0.29) is 31.5 Å². The second kappa shape index (κ2) is 6.33. The quantitative estimate of drug-likeness (QED) is 0.869. The summed E-state index contributed by atoms with van der Waals surface area (Å²) in [7, 11) is 0. The molecule has 0 radical (unpaired) electrons. The van der Waals surface area contributed by atoms with E-state index in [1.807, 2.05) is 0 Å². The lowest BCUT2D eigenvalue weighted by Gasteiger charge is -2.39. The molecule has 5 nitrogen and oxygen atoms in total. The molecule has 0 bridgehead atoms. The molecule has 0 aliphatic carbocycles. The SMILES string of the molecule is CC(C)(C(=O)N1CCC(O)(C(=O)O)CC1)c1cccc(C(F)(F)F)c1. The van der Waals surface area contributed by atoms with Crippen LogP contribution in [0.4, 0.5) is 13.2 Å². The largest absolute Gasteiger partial charge is 0.479 e. The Hall–Kier alpha value is -2.09. The Bertz CT molecular complexity index is 677. The molecule has 1 aliphatic rings. The molecule has 1 aromatic rings. The van der Waals surface area contributed by atoms with E-state index in [1.54, 1.807) is 0 Å². The van der Waals surface area contributed by atoms with Gasteiger partial charge in [0.15, 0.2) is 5.60 Å². The zero-order valence-electron chi connectivity index (χ0n) is 13.9. The highest BCUT2D eigenvalue weighted by atomic mass is 19.4. The number of hydrogen-bond donors (Lipinski definition) is 2. The molecule has 138 valence electrons. The van der Waals surface area contributed by atoms with E-state index < -0.39 is 34.6 Å². The lowest BCUT2D eigenvalue weighted by Crippen LogP contribution is -2.54. The lowest BCUT2D eigenvalue weighted by atomic mass is 9.81. The number of aliphatic carboxylic acids is 1. The molecule has 1 aromatic carbocycles. The van der Waals surface area contributed by atoms with Crippen molar-refractivity contribution in [2.45, 2.75) is 43.9 Å². The molecule has 1 heterocycles. The first-order valence-corrected chi connectivity index (χ1v) is 7.81. The summed E-state index contributed by atoms with van der Waals surface area (Å²) in [4.78, 5) is 25.2. The molecule has 2 rings (SSSR count). The maximum atomic E-state index is 12.9. The number of alkyl halides is 3. The monoisotopic (exact) mass is 359 g/mol. The Balaban J connectivity index is 2.20. The van der Waals surface area contributed by atoms with Gasteiger partial charge >= 0.3 is 12.1 Å². The average molecular weight is 359 g/mol. The van der Waals surface area contributed by atoms with Crippen molar-refractivity contribution in [1.82, 2.24) is 4.90 Å². The number of carbonyl (C=O) groups is 2. The number of carbonyl (C=O) groups excluding carboxylic acids is 1. The van der Waals surface area contributed by atoms with Gasteiger partial charge < -0.3 is 15.1 Å². The van der Waals surface area contributed by atoms with Crippen LogP contribution in [0, 0.1) is 0 Å². The van der Waals surface area contributed by atoms with Crippen molar-refractivity contribution in [3.05, 3.63) is 35.4 Å². The molecule has 0 atom stereocenters. The molecule has 1 fully saturated rings. The number of nitrogens with zero attached hydrogens (tertiary/aromatic N) is 1. The summed E-state index contributed by atoms with van der Waals surface area (Å²) in [5.41, 5.74) is -3.67. The maximum Gasteiger partial charge on any atom is 0.416 e. The molecule has 0 saturated carbocycles. The zero-order chi connectivity index (χ0) is 19.0. The van der Waals surface area contributed by atoms with Crippen molar-refractivity contribution in [3.8, 4) is 0 Å². The highest BCUT2D eigenvalue weighted by molar-refractivity contribution is 5.88. The minimum Gasteiger partial charge on any atom is -0.479 e. The van der Waals surface area contributed by atoms with Gasteiger partial charge in [0.2, 0.25) is 5.91 Å². The number of amides is 1.